The SMILES string of the molecule is C=CCOc1ccc(-c2nc3sc(=Cc4cn(-c5ccccc5)nc4-c4ccc(SCCCC)cc4)c(=O)n3n2)cc1. The summed E-state index contributed by atoms with van der Waals surface area (Å²) in [7, 11) is 0. The molecule has 0 spiro atoms. The predicted octanol–water partition coefficient (Wildman–Crippen LogP) is 6.68. The maximum atomic E-state index is 13.4. The van der Waals surface area contributed by atoms with E-state index in [9.17, 15) is 4.79 Å². The highest BCUT2D eigenvalue weighted by Gasteiger charge is 2.15. The molecule has 6 aromatic rings. The average molecular weight is 592 g/mol. The van der Waals surface area contributed by atoms with Gasteiger partial charge in [-0.25, -0.2) is 4.68 Å². The molecule has 9 heteroatoms. The Morgan fingerprint density at radius 1 is 0.976 bits per heavy atom. The number of para-hydroxylation sites is 1. The molecule has 7 nitrogen and oxygen atoms in total. The molecule has 0 aliphatic rings. The van der Waals surface area contributed by atoms with Crippen molar-refractivity contribution in [2.75, 3.05) is 12.4 Å². The second-order valence-corrected chi connectivity index (χ2v) is 11.8. The Labute approximate surface area is 251 Å². The van der Waals surface area contributed by atoms with Gasteiger partial charge < -0.3 is 4.74 Å². The molecule has 0 unspecified atom stereocenters. The van der Waals surface area contributed by atoms with Gasteiger partial charge in [0.15, 0.2) is 5.82 Å². The van der Waals surface area contributed by atoms with Gasteiger partial charge in [0.2, 0.25) is 4.96 Å². The molecule has 3 heterocycles. The molecular weight excluding hydrogens is 563 g/mol. The number of hydrogen-bond donors (Lipinski definition) is 0. The number of aromatic nitrogens is 5. The smallest absolute Gasteiger partial charge is 0.291 e. The van der Waals surface area contributed by atoms with E-state index in [1.54, 1.807) is 6.08 Å². The first-order chi connectivity index (χ1) is 20.6. The largest absolute Gasteiger partial charge is 0.490 e. The molecule has 3 aromatic heterocycles. The molecule has 0 saturated carbocycles. The van der Waals surface area contributed by atoms with Crippen LogP contribution in [0.3, 0.4) is 0 Å². The molecule has 0 bridgehead atoms. The molecule has 0 atom stereocenters. The first-order valence-electron chi connectivity index (χ1n) is 13.8. The summed E-state index contributed by atoms with van der Waals surface area (Å²) in [5.74, 6) is 2.34. The number of fused-ring (bicyclic) bond motifs is 1. The number of unbranched alkanes of at least 4 members (excludes halogenated alkanes) is 1. The highest BCUT2D eigenvalue weighted by atomic mass is 32.2. The average Bonchev–Trinajstić information content (AvgIpc) is 3.72. The van der Waals surface area contributed by atoms with E-state index < -0.39 is 0 Å². The zero-order chi connectivity index (χ0) is 28.9. The van der Waals surface area contributed by atoms with Crippen LogP contribution in [0.5, 0.6) is 5.75 Å². The summed E-state index contributed by atoms with van der Waals surface area (Å²) in [5.41, 5.74) is 4.19. The number of ether oxygens (including phenoxy) is 1. The molecule has 0 amide bonds. The van der Waals surface area contributed by atoms with Gasteiger partial charge in [-0.05, 0) is 66.8 Å². The zero-order valence-electron chi connectivity index (χ0n) is 23.1. The number of benzene rings is 3. The second-order valence-electron chi connectivity index (χ2n) is 9.61. The predicted molar refractivity (Wildman–Crippen MR) is 172 cm³/mol. The van der Waals surface area contributed by atoms with Gasteiger partial charge in [-0.1, -0.05) is 67.7 Å². The lowest BCUT2D eigenvalue weighted by Crippen LogP contribution is -2.23. The number of nitrogens with zero attached hydrogens (tertiary/aromatic N) is 5. The van der Waals surface area contributed by atoms with Gasteiger partial charge in [0.05, 0.1) is 15.9 Å². The van der Waals surface area contributed by atoms with E-state index in [1.165, 1.54) is 33.6 Å². The fraction of sp³-hybridized carbons (Fsp3) is 0.152. The first kappa shape index (κ1) is 27.7. The minimum absolute atomic E-state index is 0.208. The van der Waals surface area contributed by atoms with Crippen LogP contribution in [-0.2, 0) is 0 Å². The van der Waals surface area contributed by atoms with Gasteiger partial charge in [0, 0.05) is 27.8 Å². The number of thioether (sulfide) groups is 1. The van der Waals surface area contributed by atoms with E-state index >= 15 is 0 Å². The summed E-state index contributed by atoms with van der Waals surface area (Å²) in [6.07, 6.45) is 7.93. The third-order valence-corrected chi connectivity index (χ3v) is 8.66. The maximum absolute atomic E-state index is 13.4. The van der Waals surface area contributed by atoms with Crippen molar-refractivity contribution in [1.29, 1.82) is 0 Å². The molecule has 3 aromatic carbocycles. The van der Waals surface area contributed by atoms with Crippen molar-refractivity contribution in [2.24, 2.45) is 0 Å². The van der Waals surface area contributed by atoms with E-state index in [4.69, 9.17) is 9.84 Å². The monoisotopic (exact) mass is 591 g/mol. The van der Waals surface area contributed by atoms with Crippen molar-refractivity contribution in [2.45, 2.75) is 24.7 Å². The molecule has 0 fully saturated rings. The zero-order valence-corrected chi connectivity index (χ0v) is 24.8. The Bertz CT molecular complexity index is 1930. The summed E-state index contributed by atoms with van der Waals surface area (Å²) in [4.78, 5) is 19.8. The van der Waals surface area contributed by atoms with Gasteiger partial charge in [0.1, 0.15) is 12.4 Å². The summed E-state index contributed by atoms with van der Waals surface area (Å²) in [6, 6.07) is 25.9. The summed E-state index contributed by atoms with van der Waals surface area (Å²) in [5, 5.41) is 9.44. The van der Waals surface area contributed by atoms with Crippen LogP contribution in [0, 0.1) is 0 Å². The molecule has 0 aliphatic heterocycles. The molecule has 6 rings (SSSR count). The van der Waals surface area contributed by atoms with Crippen molar-refractivity contribution >= 4 is 34.1 Å². The topological polar surface area (TPSA) is 74.3 Å². The van der Waals surface area contributed by atoms with Crippen LogP contribution in [0.2, 0.25) is 0 Å². The number of rotatable bonds is 11. The minimum Gasteiger partial charge on any atom is -0.490 e. The van der Waals surface area contributed by atoms with Crippen LogP contribution < -0.4 is 14.8 Å². The lowest BCUT2D eigenvalue weighted by molar-refractivity contribution is 0.363. The minimum atomic E-state index is -0.208. The van der Waals surface area contributed by atoms with E-state index in [2.05, 4.69) is 47.9 Å². The standard InChI is InChI=1S/C33H29N5O2S2/c1-3-5-20-41-28-17-13-23(14-18-28)30-25(22-37(35-30)26-9-7-6-8-10-26)21-29-32(39)38-33(42-29)34-31(36-38)24-11-15-27(16-12-24)40-19-4-2/h4,6-18,21-22H,2-3,5,19-20H2,1H3. The maximum Gasteiger partial charge on any atom is 0.291 e. The number of thiazole rings is 1. The number of hydrogen-bond acceptors (Lipinski definition) is 7. The van der Waals surface area contributed by atoms with Crippen LogP contribution in [0.4, 0.5) is 0 Å². The quantitative estimate of drug-likeness (QED) is 0.0951. The second kappa shape index (κ2) is 12.6. The van der Waals surface area contributed by atoms with Crippen molar-refractivity contribution in [3.63, 3.8) is 0 Å². The lowest BCUT2D eigenvalue weighted by atomic mass is 10.1. The Hall–Kier alpha value is -4.47. The molecule has 42 heavy (non-hydrogen) atoms. The third-order valence-electron chi connectivity index (χ3n) is 6.61. The van der Waals surface area contributed by atoms with Crippen molar-refractivity contribution in [1.82, 2.24) is 24.4 Å². The molecule has 0 N–H and O–H groups in total. The van der Waals surface area contributed by atoms with E-state index in [0.29, 0.717) is 21.9 Å². The third kappa shape index (κ3) is 5.93. The van der Waals surface area contributed by atoms with Crippen LogP contribution >= 0.6 is 23.1 Å². The summed E-state index contributed by atoms with van der Waals surface area (Å²) in [6.45, 7) is 6.31. The van der Waals surface area contributed by atoms with Gasteiger partial charge in [-0.2, -0.15) is 14.6 Å². The fourth-order valence-electron chi connectivity index (χ4n) is 4.43. The van der Waals surface area contributed by atoms with E-state index in [1.807, 2.05) is 83.3 Å². The van der Waals surface area contributed by atoms with Crippen LogP contribution in [0.1, 0.15) is 25.3 Å². The summed E-state index contributed by atoms with van der Waals surface area (Å²) < 4.78 is 9.33. The first-order valence-corrected chi connectivity index (χ1v) is 15.6. The Morgan fingerprint density at radius 2 is 1.74 bits per heavy atom. The van der Waals surface area contributed by atoms with Gasteiger partial charge in [-0.15, -0.1) is 16.9 Å². The van der Waals surface area contributed by atoms with Crippen molar-refractivity contribution < 1.29 is 4.74 Å². The van der Waals surface area contributed by atoms with Crippen LogP contribution in [0.25, 0.3) is 39.4 Å². The highest BCUT2D eigenvalue weighted by molar-refractivity contribution is 7.99. The van der Waals surface area contributed by atoms with E-state index in [0.717, 1.165) is 39.6 Å². The molecule has 210 valence electrons. The van der Waals surface area contributed by atoms with Crippen LogP contribution in [0.15, 0.2) is 107 Å². The normalized spacial score (nSPS) is 11.8. The molecule has 0 radical (unpaired) electrons. The Morgan fingerprint density at radius 3 is 2.45 bits per heavy atom. The van der Waals surface area contributed by atoms with Gasteiger partial charge >= 0.3 is 0 Å². The lowest BCUT2D eigenvalue weighted by Gasteiger charge is -2.03. The Kier molecular flexibility index (Phi) is 8.30. The molecular formula is C33H29N5O2S2. The van der Waals surface area contributed by atoms with Crippen molar-refractivity contribution in [3.8, 4) is 34.1 Å². The molecule has 0 aliphatic carbocycles. The van der Waals surface area contributed by atoms with Gasteiger partial charge in [-0.3, -0.25) is 4.79 Å². The van der Waals surface area contributed by atoms with Gasteiger partial charge in [0.25, 0.3) is 5.56 Å². The van der Waals surface area contributed by atoms with Crippen LogP contribution in [-0.4, -0.2) is 36.7 Å². The highest BCUT2D eigenvalue weighted by Crippen LogP contribution is 2.28. The fourth-order valence-corrected chi connectivity index (χ4v) is 6.32. The van der Waals surface area contributed by atoms with E-state index in [-0.39, 0.29) is 5.56 Å². The Balaban J connectivity index is 1.36. The summed E-state index contributed by atoms with van der Waals surface area (Å²) >= 11 is 3.18. The van der Waals surface area contributed by atoms with Crippen molar-refractivity contribution in [3.05, 3.63) is 118 Å². The molecule has 0 saturated heterocycles.